The van der Waals surface area contributed by atoms with Crippen LogP contribution in [-0.4, -0.2) is 28.4 Å². The number of carbonyl (C=O) groups is 1. The first-order chi connectivity index (χ1) is 8.13. The predicted molar refractivity (Wildman–Crippen MR) is 66.1 cm³/mol. The molecule has 1 unspecified atom stereocenters. The second-order valence-electron chi connectivity index (χ2n) is 4.60. The van der Waals surface area contributed by atoms with Crippen LogP contribution in [-0.2, 0) is 0 Å². The molecule has 2 rings (SSSR count). The van der Waals surface area contributed by atoms with Crippen LogP contribution in [0.5, 0.6) is 0 Å². The van der Waals surface area contributed by atoms with Gasteiger partial charge in [0, 0.05) is 30.5 Å². The number of likely N-dealkylation sites (tertiary alicyclic amines) is 1. The molecule has 0 radical (unpaired) electrons. The van der Waals surface area contributed by atoms with Gasteiger partial charge in [-0.05, 0) is 26.2 Å². The smallest absolute Gasteiger partial charge is 0.259 e. The van der Waals surface area contributed by atoms with E-state index in [1.807, 2.05) is 4.90 Å². The van der Waals surface area contributed by atoms with Crippen LogP contribution in [0.2, 0.25) is 0 Å². The Balaban J connectivity index is 2.28. The van der Waals surface area contributed by atoms with Gasteiger partial charge < -0.3 is 9.88 Å². The minimum absolute atomic E-state index is 0.129. The van der Waals surface area contributed by atoms with Gasteiger partial charge in [-0.15, -0.1) is 0 Å². The van der Waals surface area contributed by atoms with E-state index in [1.165, 1.54) is 12.3 Å². The van der Waals surface area contributed by atoms with E-state index in [0.717, 1.165) is 31.5 Å². The lowest BCUT2D eigenvalue weighted by Crippen LogP contribution is -2.37. The van der Waals surface area contributed by atoms with Crippen molar-refractivity contribution < 1.29 is 4.79 Å². The lowest BCUT2D eigenvalue weighted by atomic mass is 10.1. The number of carbonyl (C=O) groups excluding carboxylic acids is 1. The van der Waals surface area contributed by atoms with Crippen molar-refractivity contribution in [2.24, 2.45) is 0 Å². The van der Waals surface area contributed by atoms with E-state index in [2.05, 4.69) is 11.9 Å². The summed E-state index contributed by atoms with van der Waals surface area (Å²) in [6.45, 7) is 4.65. The van der Waals surface area contributed by atoms with Crippen LogP contribution in [0.3, 0.4) is 0 Å². The summed E-state index contributed by atoms with van der Waals surface area (Å²) in [5, 5.41) is 0. The van der Waals surface area contributed by atoms with Crippen molar-refractivity contribution in [2.45, 2.75) is 39.2 Å². The summed E-state index contributed by atoms with van der Waals surface area (Å²) in [4.78, 5) is 28.8. The molecule has 1 saturated heterocycles. The summed E-state index contributed by atoms with van der Waals surface area (Å²) >= 11 is 0. The summed E-state index contributed by atoms with van der Waals surface area (Å²) in [7, 11) is 0. The molecule has 0 aliphatic carbocycles. The third kappa shape index (κ3) is 2.25. The Labute approximate surface area is 101 Å². The number of pyridine rings is 1. The molecular weight excluding hydrogens is 216 g/mol. The number of rotatable bonds is 2. The lowest BCUT2D eigenvalue weighted by molar-refractivity contribution is 0.0732. The molecule has 17 heavy (non-hydrogen) atoms. The van der Waals surface area contributed by atoms with Gasteiger partial charge in [0.2, 0.25) is 0 Å². The molecule has 0 bridgehead atoms. The largest absolute Gasteiger partial charge is 0.364 e. The molecular formula is C13H18N2O2. The quantitative estimate of drug-likeness (QED) is 0.846. The van der Waals surface area contributed by atoms with Gasteiger partial charge in [-0.25, -0.2) is 0 Å². The van der Waals surface area contributed by atoms with Gasteiger partial charge in [0.15, 0.2) is 5.43 Å². The highest BCUT2D eigenvalue weighted by atomic mass is 16.2. The van der Waals surface area contributed by atoms with Crippen LogP contribution in [0, 0.1) is 6.92 Å². The van der Waals surface area contributed by atoms with E-state index in [9.17, 15) is 9.59 Å². The third-order valence-corrected chi connectivity index (χ3v) is 3.40. The summed E-state index contributed by atoms with van der Waals surface area (Å²) in [5.74, 6) is -0.129. The average molecular weight is 234 g/mol. The Morgan fingerprint density at radius 1 is 1.59 bits per heavy atom. The number of aryl methyl sites for hydroxylation is 1. The lowest BCUT2D eigenvalue weighted by Gasteiger charge is -2.23. The molecule has 4 nitrogen and oxygen atoms in total. The van der Waals surface area contributed by atoms with Crippen LogP contribution >= 0.6 is 0 Å². The fraction of sp³-hybridized carbons (Fsp3) is 0.538. The molecule has 1 amide bonds. The standard InChI is InChI=1S/C13H18N2O2/c1-3-10-5-4-6-15(10)13(17)11-8-14-9(2)7-12(11)16/h7-8,10H,3-6H2,1-2H3,(H,14,16). The molecule has 1 aliphatic heterocycles. The maximum atomic E-state index is 12.3. The van der Waals surface area contributed by atoms with Crippen molar-refractivity contribution in [3.05, 3.63) is 33.7 Å². The molecule has 1 N–H and O–H groups in total. The summed E-state index contributed by atoms with van der Waals surface area (Å²) in [6, 6.07) is 1.77. The van der Waals surface area contributed by atoms with E-state index >= 15 is 0 Å². The van der Waals surface area contributed by atoms with Gasteiger partial charge in [-0.1, -0.05) is 6.92 Å². The van der Waals surface area contributed by atoms with Crippen LogP contribution in [0.4, 0.5) is 0 Å². The average Bonchev–Trinajstić information content (AvgIpc) is 2.76. The van der Waals surface area contributed by atoms with Gasteiger partial charge in [-0.3, -0.25) is 9.59 Å². The number of H-pyrrole nitrogens is 1. The van der Waals surface area contributed by atoms with Crippen molar-refractivity contribution in [3.8, 4) is 0 Å². The highest BCUT2D eigenvalue weighted by molar-refractivity contribution is 5.94. The normalized spacial score (nSPS) is 19.6. The van der Waals surface area contributed by atoms with Crippen LogP contribution in [0.15, 0.2) is 17.1 Å². The maximum absolute atomic E-state index is 12.3. The first-order valence-electron chi connectivity index (χ1n) is 6.13. The Hall–Kier alpha value is -1.58. The Kier molecular flexibility index (Phi) is 3.31. The van der Waals surface area contributed by atoms with E-state index in [1.54, 1.807) is 6.92 Å². The Morgan fingerprint density at radius 3 is 3.00 bits per heavy atom. The topological polar surface area (TPSA) is 53.2 Å². The number of aromatic nitrogens is 1. The maximum Gasteiger partial charge on any atom is 0.259 e. The third-order valence-electron chi connectivity index (χ3n) is 3.40. The van der Waals surface area contributed by atoms with E-state index in [-0.39, 0.29) is 16.9 Å². The van der Waals surface area contributed by atoms with E-state index in [4.69, 9.17) is 0 Å². The summed E-state index contributed by atoms with van der Waals surface area (Å²) in [6.07, 6.45) is 4.57. The van der Waals surface area contributed by atoms with Crippen molar-refractivity contribution in [3.63, 3.8) is 0 Å². The van der Waals surface area contributed by atoms with Gasteiger partial charge in [0.25, 0.3) is 5.91 Å². The van der Waals surface area contributed by atoms with E-state index in [0.29, 0.717) is 6.04 Å². The van der Waals surface area contributed by atoms with Gasteiger partial charge >= 0.3 is 0 Å². The van der Waals surface area contributed by atoms with Crippen molar-refractivity contribution in [1.29, 1.82) is 0 Å². The second-order valence-corrected chi connectivity index (χ2v) is 4.60. The number of aromatic amines is 1. The number of hydrogen-bond donors (Lipinski definition) is 1. The molecule has 1 fully saturated rings. The minimum atomic E-state index is -0.187. The van der Waals surface area contributed by atoms with Crippen LogP contribution in [0.1, 0.15) is 42.2 Å². The van der Waals surface area contributed by atoms with E-state index < -0.39 is 0 Å². The first-order valence-corrected chi connectivity index (χ1v) is 6.13. The number of amides is 1. The minimum Gasteiger partial charge on any atom is -0.364 e. The molecule has 1 atom stereocenters. The Morgan fingerprint density at radius 2 is 2.35 bits per heavy atom. The predicted octanol–water partition coefficient (Wildman–Crippen LogP) is 1.70. The summed E-state index contributed by atoms with van der Waals surface area (Å²) in [5.41, 5.74) is 0.851. The highest BCUT2D eigenvalue weighted by Crippen LogP contribution is 2.21. The second kappa shape index (κ2) is 4.73. The number of nitrogens with one attached hydrogen (secondary N) is 1. The monoisotopic (exact) mass is 234 g/mol. The highest BCUT2D eigenvalue weighted by Gasteiger charge is 2.29. The zero-order chi connectivity index (χ0) is 12.4. The Bertz CT molecular complexity index is 479. The summed E-state index contributed by atoms with van der Waals surface area (Å²) < 4.78 is 0. The SMILES string of the molecule is CCC1CCCN1C(=O)c1c[nH]c(C)cc1=O. The fourth-order valence-corrected chi connectivity index (χ4v) is 2.42. The fourth-order valence-electron chi connectivity index (χ4n) is 2.42. The van der Waals surface area contributed by atoms with Gasteiger partial charge in [0.1, 0.15) is 5.56 Å². The molecule has 0 saturated carbocycles. The molecule has 1 aromatic rings. The molecule has 0 aromatic carbocycles. The molecule has 92 valence electrons. The van der Waals surface area contributed by atoms with Gasteiger partial charge in [0.05, 0.1) is 0 Å². The van der Waals surface area contributed by atoms with Crippen molar-refractivity contribution in [2.75, 3.05) is 6.54 Å². The number of hydrogen-bond acceptors (Lipinski definition) is 2. The van der Waals surface area contributed by atoms with Crippen LogP contribution in [0.25, 0.3) is 0 Å². The number of nitrogens with zero attached hydrogens (tertiary/aromatic N) is 1. The molecule has 2 heterocycles. The molecule has 4 heteroatoms. The molecule has 1 aliphatic rings. The van der Waals surface area contributed by atoms with Gasteiger partial charge in [-0.2, -0.15) is 0 Å². The zero-order valence-corrected chi connectivity index (χ0v) is 10.3. The van der Waals surface area contributed by atoms with Crippen LogP contribution < -0.4 is 5.43 Å². The van der Waals surface area contributed by atoms with Crippen molar-refractivity contribution in [1.82, 2.24) is 9.88 Å². The van der Waals surface area contributed by atoms with Crippen molar-refractivity contribution >= 4 is 5.91 Å². The molecule has 0 spiro atoms. The zero-order valence-electron chi connectivity index (χ0n) is 10.3. The first kappa shape index (κ1) is 11.9. The molecule has 1 aromatic heterocycles.